The number of amides is 1. The Morgan fingerprint density at radius 1 is 1.16 bits per heavy atom. The van der Waals surface area contributed by atoms with Crippen molar-refractivity contribution < 1.29 is 10.0 Å². The molecule has 2 heterocycles. The van der Waals surface area contributed by atoms with Crippen molar-refractivity contribution in [3.05, 3.63) is 88.8 Å². The molecule has 2 aromatic carbocycles. The molecule has 2 N–H and O–H groups in total. The van der Waals surface area contributed by atoms with Crippen LogP contribution in [0.25, 0.3) is 11.8 Å². The highest BCUT2D eigenvalue weighted by Crippen LogP contribution is 2.32. The molecule has 1 aliphatic rings. The van der Waals surface area contributed by atoms with E-state index in [0.29, 0.717) is 6.04 Å². The van der Waals surface area contributed by atoms with Gasteiger partial charge in [0.1, 0.15) is 0 Å². The molecular formula is C26H30N4O2. The average Bonchev–Trinajstić information content (AvgIpc) is 3.41. The van der Waals surface area contributed by atoms with Gasteiger partial charge < -0.3 is 0 Å². The van der Waals surface area contributed by atoms with Crippen LogP contribution in [-0.2, 0) is 11.2 Å². The van der Waals surface area contributed by atoms with Gasteiger partial charge >= 0.3 is 0 Å². The van der Waals surface area contributed by atoms with Gasteiger partial charge in [-0.2, -0.15) is 5.10 Å². The Balaban J connectivity index is 1.44. The molecule has 6 nitrogen and oxygen atoms in total. The molecule has 0 unspecified atom stereocenters. The maximum atomic E-state index is 11.2. The minimum Gasteiger partial charge on any atom is -0.296 e. The summed E-state index contributed by atoms with van der Waals surface area (Å²) in [6.07, 6.45) is 6.35. The summed E-state index contributed by atoms with van der Waals surface area (Å²) >= 11 is 0. The first-order chi connectivity index (χ1) is 15.6. The van der Waals surface area contributed by atoms with Gasteiger partial charge in [-0.1, -0.05) is 42.5 Å². The molecule has 1 amide bonds. The number of para-hydroxylation sites is 1. The predicted molar refractivity (Wildman–Crippen MR) is 126 cm³/mol. The quantitative estimate of drug-likeness (QED) is 0.331. The van der Waals surface area contributed by atoms with Crippen LogP contribution in [0, 0.1) is 13.8 Å². The number of benzene rings is 2. The van der Waals surface area contributed by atoms with Crippen LogP contribution in [0.1, 0.15) is 47.0 Å². The average molecular weight is 431 g/mol. The molecule has 0 aliphatic carbocycles. The standard InChI is InChI=1S/C26H30N4O2/c1-19-24(20(2)30(27-19)23-7-4-3-5-8-23)16-18-29-17-6-9-25(29)22-13-10-21(11-14-22)12-15-26(31)28-32/h3-5,7-8,10-15,25,32H,6,9,16-18H2,1-2H3,(H,28,31)/t25-/m0/s1. The highest BCUT2D eigenvalue weighted by molar-refractivity contribution is 5.90. The molecule has 0 radical (unpaired) electrons. The number of hydrogen-bond donors (Lipinski definition) is 2. The summed E-state index contributed by atoms with van der Waals surface area (Å²) in [5.41, 5.74) is 8.60. The summed E-state index contributed by atoms with van der Waals surface area (Å²) in [5.74, 6) is -0.530. The highest BCUT2D eigenvalue weighted by atomic mass is 16.5. The number of rotatable bonds is 7. The lowest BCUT2D eigenvalue weighted by Crippen LogP contribution is -2.26. The number of likely N-dealkylation sites (tertiary alicyclic amines) is 1. The van der Waals surface area contributed by atoms with Gasteiger partial charge in [0.15, 0.2) is 0 Å². The van der Waals surface area contributed by atoms with Crippen LogP contribution in [0.5, 0.6) is 0 Å². The third-order valence-electron chi connectivity index (χ3n) is 6.31. The van der Waals surface area contributed by atoms with Gasteiger partial charge in [-0.3, -0.25) is 14.9 Å². The number of aryl methyl sites for hydroxylation is 1. The molecule has 3 aromatic rings. The number of nitrogens with zero attached hydrogens (tertiary/aromatic N) is 3. The molecule has 0 saturated carbocycles. The SMILES string of the molecule is Cc1nn(-c2ccccc2)c(C)c1CCN1CCC[C@H]1c1ccc(C=CC(=O)NO)cc1. The summed E-state index contributed by atoms with van der Waals surface area (Å²) in [4.78, 5) is 13.7. The van der Waals surface area contributed by atoms with Crippen LogP contribution in [0.15, 0.2) is 60.7 Å². The molecule has 1 aliphatic heterocycles. The van der Waals surface area contributed by atoms with E-state index < -0.39 is 5.91 Å². The third-order valence-corrected chi connectivity index (χ3v) is 6.31. The van der Waals surface area contributed by atoms with Crippen molar-refractivity contribution in [2.75, 3.05) is 13.1 Å². The van der Waals surface area contributed by atoms with Crippen molar-refractivity contribution in [1.29, 1.82) is 0 Å². The lowest BCUT2D eigenvalue weighted by Gasteiger charge is -2.25. The highest BCUT2D eigenvalue weighted by Gasteiger charge is 2.26. The fraction of sp³-hybridized carbons (Fsp3) is 0.308. The topological polar surface area (TPSA) is 70.4 Å². The summed E-state index contributed by atoms with van der Waals surface area (Å²) in [6.45, 7) is 6.37. The van der Waals surface area contributed by atoms with Crippen LogP contribution in [0.4, 0.5) is 0 Å². The molecular weight excluding hydrogens is 400 g/mol. The third kappa shape index (κ3) is 4.82. The van der Waals surface area contributed by atoms with Gasteiger partial charge in [0.25, 0.3) is 5.91 Å². The van der Waals surface area contributed by atoms with Crippen molar-refractivity contribution in [3.8, 4) is 5.69 Å². The van der Waals surface area contributed by atoms with E-state index in [-0.39, 0.29) is 0 Å². The van der Waals surface area contributed by atoms with Gasteiger partial charge in [0.2, 0.25) is 0 Å². The zero-order valence-corrected chi connectivity index (χ0v) is 18.7. The number of hydrogen-bond acceptors (Lipinski definition) is 4. The fourth-order valence-electron chi connectivity index (χ4n) is 4.62. The van der Waals surface area contributed by atoms with E-state index in [0.717, 1.165) is 42.9 Å². The van der Waals surface area contributed by atoms with Crippen LogP contribution in [0.2, 0.25) is 0 Å². The van der Waals surface area contributed by atoms with E-state index in [1.165, 1.54) is 29.3 Å². The van der Waals surface area contributed by atoms with E-state index in [1.54, 1.807) is 11.6 Å². The number of nitrogens with one attached hydrogen (secondary N) is 1. The molecule has 6 heteroatoms. The fourth-order valence-corrected chi connectivity index (χ4v) is 4.62. The van der Waals surface area contributed by atoms with Gasteiger partial charge in [0.05, 0.1) is 11.4 Å². The number of hydroxylamine groups is 1. The van der Waals surface area contributed by atoms with Crippen LogP contribution in [0.3, 0.4) is 0 Å². The lowest BCUT2D eigenvalue weighted by atomic mass is 10.0. The Labute approximate surface area is 189 Å². The maximum absolute atomic E-state index is 11.2. The van der Waals surface area contributed by atoms with E-state index >= 15 is 0 Å². The number of carbonyl (C=O) groups is 1. The molecule has 166 valence electrons. The molecule has 0 bridgehead atoms. The molecule has 4 rings (SSSR count). The minimum atomic E-state index is -0.530. The second kappa shape index (κ2) is 9.94. The second-order valence-corrected chi connectivity index (χ2v) is 8.32. The van der Waals surface area contributed by atoms with E-state index in [4.69, 9.17) is 10.3 Å². The summed E-state index contributed by atoms with van der Waals surface area (Å²) in [7, 11) is 0. The Morgan fingerprint density at radius 3 is 2.62 bits per heavy atom. The van der Waals surface area contributed by atoms with Gasteiger partial charge in [-0.15, -0.1) is 0 Å². The number of aromatic nitrogens is 2. The molecule has 1 aromatic heterocycles. The maximum Gasteiger partial charge on any atom is 0.267 e. The van der Waals surface area contributed by atoms with Crippen molar-refractivity contribution in [1.82, 2.24) is 20.2 Å². The minimum absolute atomic E-state index is 0.415. The Bertz CT molecular complexity index is 1090. The van der Waals surface area contributed by atoms with Crippen LogP contribution in [-0.4, -0.2) is 38.9 Å². The zero-order chi connectivity index (χ0) is 22.5. The molecule has 0 spiro atoms. The number of carbonyl (C=O) groups excluding carboxylic acids is 1. The molecule has 1 atom stereocenters. The van der Waals surface area contributed by atoms with Gasteiger partial charge in [-0.25, -0.2) is 10.2 Å². The van der Waals surface area contributed by atoms with E-state index in [9.17, 15) is 4.79 Å². The normalized spacial score (nSPS) is 16.7. The zero-order valence-electron chi connectivity index (χ0n) is 18.7. The first-order valence-electron chi connectivity index (χ1n) is 11.1. The van der Waals surface area contributed by atoms with Gasteiger partial charge in [0, 0.05) is 24.4 Å². The molecule has 32 heavy (non-hydrogen) atoms. The Morgan fingerprint density at radius 2 is 1.91 bits per heavy atom. The largest absolute Gasteiger partial charge is 0.296 e. The second-order valence-electron chi connectivity index (χ2n) is 8.32. The first-order valence-corrected chi connectivity index (χ1v) is 11.1. The van der Waals surface area contributed by atoms with Crippen molar-refractivity contribution in [2.45, 2.75) is 39.2 Å². The van der Waals surface area contributed by atoms with Crippen molar-refractivity contribution in [2.24, 2.45) is 0 Å². The Kier molecular flexibility index (Phi) is 6.83. The monoisotopic (exact) mass is 430 g/mol. The molecule has 1 saturated heterocycles. The van der Waals surface area contributed by atoms with E-state index in [2.05, 4.69) is 47.7 Å². The van der Waals surface area contributed by atoms with Crippen LogP contribution >= 0.6 is 0 Å². The van der Waals surface area contributed by atoms with E-state index in [1.807, 2.05) is 30.3 Å². The lowest BCUT2D eigenvalue weighted by molar-refractivity contribution is -0.124. The van der Waals surface area contributed by atoms with Crippen molar-refractivity contribution in [3.63, 3.8) is 0 Å². The summed E-state index contributed by atoms with van der Waals surface area (Å²) in [5, 5.41) is 13.4. The van der Waals surface area contributed by atoms with Gasteiger partial charge in [-0.05, 0) is 74.6 Å². The Hall–Kier alpha value is -3.22. The van der Waals surface area contributed by atoms with Crippen molar-refractivity contribution >= 4 is 12.0 Å². The summed E-state index contributed by atoms with van der Waals surface area (Å²) < 4.78 is 2.05. The smallest absolute Gasteiger partial charge is 0.267 e. The first kappa shape index (κ1) is 22.0. The van der Waals surface area contributed by atoms with Crippen LogP contribution < -0.4 is 5.48 Å². The molecule has 1 fully saturated rings. The predicted octanol–water partition coefficient (Wildman–Crippen LogP) is 4.39. The summed E-state index contributed by atoms with van der Waals surface area (Å²) in [6, 6.07) is 19.0.